The first-order valence-electron chi connectivity index (χ1n) is 7.06. The van der Waals surface area contributed by atoms with Gasteiger partial charge in [-0.15, -0.1) is 0 Å². The van der Waals surface area contributed by atoms with Crippen molar-refractivity contribution >= 4 is 39.8 Å². The predicted molar refractivity (Wildman–Crippen MR) is 96.0 cm³/mol. The SMILES string of the molecule is Cc1ccc(NC(=S)Nc2ccc3c(C)cc(=O)oc3c2)nc1. The molecular weight excluding hydrogens is 310 g/mol. The first kappa shape index (κ1) is 15.2. The quantitative estimate of drug-likeness (QED) is 0.554. The molecule has 0 aliphatic rings. The summed E-state index contributed by atoms with van der Waals surface area (Å²) in [5.74, 6) is 0.663. The van der Waals surface area contributed by atoms with Crippen LogP contribution >= 0.6 is 12.2 Å². The zero-order valence-electron chi connectivity index (χ0n) is 12.7. The van der Waals surface area contributed by atoms with Crippen molar-refractivity contribution in [3.8, 4) is 0 Å². The summed E-state index contributed by atoms with van der Waals surface area (Å²) in [6, 6.07) is 10.8. The maximum Gasteiger partial charge on any atom is 0.336 e. The largest absolute Gasteiger partial charge is 0.423 e. The number of aromatic nitrogens is 1. The van der Waals surface area contributed by atoms with Crippen molar-refractivity contribution in [2.45, 2.75) is 13.8 Å². The van der Waals surface area contributed by atoms with Gasteiger partial charge in [0.1, 0.15) is 11.4 Å². The minimum atomic E-state index is -0.364. The molecule has 0 saturated heterocycles. The normalized spacial score (nSPS) is 10.5. The Bertz CT molecular complexity index is 933. The van der Waals surface area contributed by atoms with Gasteiger partial charge in [0, 0.05) is 29.4 Å². The van der Waals surface area contributed by atoms with Crippen LogP contribution < -0.4 is 16.3 Å². The number of nitrogens with zero attached hydrogens (tertiary/aromatic N) is 1. The molecule has 0 saturated carbocycles. The van der Waals surface area contributed by atoms with Crippen molar-refractivity contribution in [1.82, 2.24) is 4.98 Å². The number of rotatable bonds is 2. The summed E-state index contributed by atoms with van der Waals surface area (Å²) < 4.78 is 5.22. The minimum Gasteiger partial charge on any atom is -0.423 e. The third-order valence-corrected chi connectivity index (χ3v) is 3.57. The standard InChI is InChI=1S/C17H15N3O2S/c1-10-3-6-15(18-9-10)20-17(23)19-12-4-5-13-11(2)7-16(21)22-14(13)8-12/h3-9H,1-2H3,(H2,18,19,20,23). The number of hydrogen-bond donors (Lipinski definition) is 2. The Balaban J connectivity index is 1.79. The Labute approximate surface area is 138 Å². The molecule has 6 heteroatoms. The molecule has 0 aliphatic heterocycles. The molecular formula is C17H15N3O2S. The van der Waals surface area contributed by atoms with Gasteiger partial charge in [0.2, 0.25) is 0 Å². The average Bonchev–Trinajstić information content (AvgIpc) is 2.49. The van der Waals surface area contributed by atoms with Crippen LogP contribution in [0.2, 0.25) is 0 Å². The number of fused-ring (bicyclic) bond motifs is 1. The van der Waals surface area contributed by atoms with Crippen molar-refractivity contribution in [2.75, 3.05) is 10.6 Å². The molecule has 2 heterocycles. The van der Waals surface area contributed by atoms with Gasteiger partial charge < -0.3 is 15.1 Å². The number of aryl methyl sites for hydroxylation is 2. The van der Waals surface area contributed by atoms with E-state index >= 15 is 0 Å². The van der Waals surface area contributed by atoms with Crippen LogP contribution in [0.5, 0.6) is 0 Å². The second kappa shape index (κ2) is 6.18. The lowest BCUT2D eigenvalue weighted by Crippen LogP contribution is -2.19. The summed E-state index contributed by atoms with van der Waals surface area (Å²) in [6.45, 7) is 3.85. The zero-order chi connectivity index (χ0) is 16.4. The van der Waals surface area contributed by atoms with Gasteiger partial charge in [-0.2, -0.15) is 0 Å². The van der Waals surface area contributed by atoms with Crippen LogP contribution in [0.25, 0.3) is 11.0 Å². The number of nitrogens with one attached hydrogen (secondary N) is 2. The number of anilines is 2. The molecule has 3 rings (SSSR count). The highest BCUT2D eigenvalue weighted by Gasteiger charge is 2.05. The lowest BCUT2D eigenvalue weighted by atomic mass is 10.1. The van der Waals surface area contributed by atoms with Crippen molar-refractivity contribution in [3.05, 3.63) is 64.1 Å². The highest BCUT2D eigenvalue weighted by molar-refractivity contribution is 7.80. The smallest absolute Gasteiger partial charge is 0.336 e. The minimum absolute atomic E-state index is 0.364. The van der Waals surface area contributed by atoms with Gasteiger partial charge in [0.25, 0.3) is 0 Å². The van der Waals surface area contributed by atoms with E-state index in [0.29, 0.717) is 16.5 Å². The van der Waals surface area contributed by atoms with E-state index in [-0.39, 0.29) is 5.63 Å². The van der Waals surface area contributed by atoms with Crippen LogP contribution in [-0.4, -0.2) is 10.1 Å². The van der Waals surface area contributed by atoms with Gasteiger partial charge in [-0.05, 0) is 55.4 Å². The summed E-state index contributed by atoms with van der Waals surface area (Å²) >= 11 is 5.27. The molecule has 0 aliphatic carbocycles. The number of hydrogen-bond acceptors (Lipinski definition) is 4. The molecule has 0 fully saturated rings. The predicted octanol–water partition coefficient (Wildman–Crippen LogP) is 3.61. The molecule has 0 bridgehead atoms. The lowest BCUT2D eigenvalue weighted by Gasteiger charge is -2.10. The Hall–Kier alpha value is -2.73. The van der Waals surface area contributed by atoms with Gasteiger partial charge in [0.05, 0.1) is 0 Å². The fourth-order valence-corrected chi connectivity index (χ4v) is 2.45. The fraction of sp³-hybridized carbons (Fsp3) is 0.118. The highest BCUT2D eigenvalue weighted by Crippen LogP contribution is 2.20. The molecule has 0 atom stereocenters. The van der Waals surface area contributed by atoms with Crippen LogP contribution in [0.3, 0.4) is 0 Å². The van der Waals surface area contributed by atoms with Crippen molar-refractivity contribution in [1.29, 1.82) is 0 Å². The van der Waals surface area contributed by atoms with Crippen LogP contribution in [-0.2, 0) is 0 Å². The van der Waals surface area contributed by atoms with Gasteiger partial charge in [0.15, 0.2) is 5.11 Å². The molecule has 23 heavy (non-hydrogen) atoms. The maximum atomic E-state index is 11.5. The van der Waals surface area contributed by atoms with Gasteiger partial charge >= 0.3 is 5.63 Å². The summed E-state index contributed by atoms with van der Waals surface area (Å²) in [5.41, 5.74) is 2.85. The van der Waals surface area contributed by atoms with E-state index in [1.54, 1.807) is 12.3 Å². The van der Waals surface area contributed by atoms with Crippen LogP contribution in [0.15, 0.2) is 51.8 Å². The van der Waals surface area contributed by atoms with Crippen LogP contribution in [0.1, 0.15) is 11.1 Å². The second-order valence-electron chi connectivity index (χ2n) is 5.26. The van der Waals surface area contributed by atoms with E-state index in [4.69, 9.17) is 16.6 Å². The lowest BCUT2D eigenvalue weighted by molar-refractivity contribution is 0.560. The van der Waals surface area contributed by atoms with E-state index in [0.717, 1.165) is 22.2 Å². The summed E-state index contributed by atoms with van der Waals surface area (Å²) in [4.78, 5) is 15.7. The molecule has 2 N–H and O–H groups in total. The third kappa shape index (κ3) is 3.54. The Morgan fingerprint density at radius 2 is 1.96 bits per heavy atom. The average molecular weight is 325 g/mol. The molecule has 5 nitrogen and oxygen atoms in total. The van der Waals surface area contributed by atoms with Crippen molar-refractivity contribution < 1.29 is 4.42 Å². The van der Waals surface area contributed by atoms with Crippen LogP contribution in [0.4, 0.5) is 11.5 Å². The van der Waals surface area contributed by atoms with E-state index in [9.17, 15) is 4.79 Å². The molecule has 2 aromatic heterocycles. The number of thiocarbonyl (C=S) groups is 1. The molecule has 0 spiro atoms. The Morgan fingerprint density at radius 3 is 2.70 bits per heavy atom. The summed E-state index contributed by atoms with van der Waals surface area (Å²) in [6.07, 6.45) is 1.76. The van der Waals surface area contributed by atoms with E-state index < -0.39 is 0 Å². The number of pyridine rings is 1. The Morgan fingerprint density at radius 1 is 1.13 bits per heavy atom. The molecule has 0 radical (unpaired) electrons. The third-order valence-electron chi connectivity index (χ3n) is 3.36. The van der Waals surface area contributed by atoms with Gasteiger partial charge in [-0.1, -0.05) is 6.07 Å². The van der Waals surface area contributed by atoms with Crippen molar-refractivity contribution in [3.63, 3.8) is 0 Å². The molecule has 1 aromatic carbocycles. The first-order valence-corrected chi connectivity index (χ1v) is 7.47. The van der Waals surface area contributed by atoms with Gasteiger partial charge in [-0.25, -0.2) is 9.78 Å². The maximum absolute atomic E-state index is 11.5. The van der Waals surface area contributed by atoms with E-state index in [1.165, 1.54) is 6.07 Å². The van der Waals surface area contributed by atoms with E-state index in [2.05, 4.69) is 15.6 Å². The van der Waals surface area contributed by atoms with E-state index in [1.807, 2.05) is 38.1 Å². The fourth-order valence-electron chi connectivity index (χ4n) is 2.22. The van der Waals surface area contributed by atoms with Crippen molar-refractivity contribution in [2.24, 2.45) is 0 Å². The monoisotopic (exact) mass is 325 g/mol. The Kier molecular flexibility index (Phi) is 4.08. The zero-order valence-corrected chi connectivity index (χ0v) is 13.5. The topological polar surface area (TPSA) is 67.2 Å². The molecule has 116 valence electrons. The second-order valence-corrected chi connectivity index (χ2v) is 5.67. The molecule has 3 aromatic rings. The molecule has 0 unspecified atom stereocenters. The highest BCUT2D eigenvalue weighted by atomic mass is 32.1. The summed E-state index contributed by atoms with van der Waals surface area (Å²) in [7, 11) is 0. The number of benzene rings is 1. The first-order chi connectivity index (χ1) is 11.0. The van der Waals surface area contributed by atoms with Crippen LogP contribution in [0, 0.1) is 13.8 Å². The van der Waals surface area contributed by atoms with Gasteiger partial charge in [-0.3, -0.25) is 0 Å². The summed E-state index contributed by atoms with van der Waals surface area (Å²) in [5, 5.41) is 7.37. The molecule has 0 amide bonds.